The van der Waals surface area contributed by atoms with Crippen LogP contribution in [-0.2, 0) is 27.2 Å². The molecule has 0 aliphatic carbocycles. The SMILES string of the molecule is COc1cccc(CC(=O)N2CCO[C@@](Cc3cccc(-c4ccncc4)c3)(C(N)=O)C2)c1. The van der Waals surface area contributed by atoms with Gasteiger partial charge in [0, 0.05) is 25.4 Å². The third-order valence-corrected chi connectivity index (χ3v) is 5.91. The molecule has 0 bridgehead atoms. The van der Waals surface area contributed by atoms with E-state index in [4.69, 9.17) is 15.2 Å². The van der Waals surface area contributed by atoms with E-state index < -0.39 is 11.5 Å². The van der Waals surface area contributed by atoms with Crippen molar-refractivity contribution in [3.05, 3.63) is 84.2 Å². The van der Waals surface area contributed by atoms with E-state index in [9.17, 15) is 9.59 Å². The van der Waals surface area contributed by atoms with Gasteiger partial charge in [0.25, 0.3) is 5.91 Å². The van der Waals surface area contributed by atoms with Gasteiger partial charge < -0.3 is 20.1 Å². The summed E-state index contributed by atoms with van der Waals surface area (Å²) in [5.74, 6) is 0.0428. The molecule has 0 unspecified atom stereocenters. The molecule has 2 aromatic carbocycles. The topological polar surface area (TPSA) is 94.8 Å². The van der Waals surface area contributed by atoms with Crippen LogP contribution in [0.4, 0.5) is 0 Å². The number of ether oxygens (including phenoxy) is 2. The highest BCUT2D eigenvalue weighted by molar-refractivity contribution is 5.86. The largest absolute Gasteiger partial charge is 0.497 e. The van der Waals surface area contributed by atoms with Crippen molar-refractivity contribution in [3.8, 4) is 16.9 Å². The molecule has 1 aliphatic heterocycles. The van der Waals surface area contributed by atoms with Crippen molar-refractivity contribution in [3.63, 3.8) is 0 Å². The van der Waals surface area contributed by atoms with Crippen LogP contribution in [0.5, 0.6) is 5.75 Å². The molecule has 0 spiro atoms. The molecule has 1 aromatic heterocycles. The summed E-state index contributed by atoms with van der Waals surface area (Å²) in [5, 5.41) is 0. The molecule has 170 valence electrons. The van der Waals surface area contributed by atoms with Crippen LogP contribution in [-0.4, -0.2) is 54.1 Å². The Morgan fingerprint density at radius 3 is 2.58 bits per heavy atom. The van der Waals surface area contributed by atoms with E-state index in [0.717, 1.165) is 22.3 Å². The first kappa shape index (κ1) is 22.5. The maximum atomic E-state index is 13.0. The van der Waals surface area contributed by atoms with Crippen molar-refractivity contribution in [2.45, 2.75) is 18.4 Å². The van der Waals surface area contributed by atoms with Gasteiger partial charge >= 0.3 is 0 Å². The van der Waals surface area contributed by atoms with E-state index in [2.05, 4.69) is 4.98 Å². The predicted molar refractivity (Wildman–Crippen MR) is 125 cm³/mol. The average Bonchev–Trinajstić information content (AvgIpc) is 2.85. The number of morpholine rings is 1. The molecular formula is C26H27N3O4. The average molecular weight is 446 g/mol. The molecule has 0 saturated carbocycles. The quantitative estimate of drug-likeness (QED) is 0.603. The Kier molecular flexibility index (Phi) is 6.70. The van der Waals surface area contributed by atoms with Crippen LogP contribution in [0.25, 0.3) is 11.1 Å². The number of hydrogen-bond acceptors (Lipinski definition) is 5. The van der Waals surface area contributed by atoms with Gasteiger partial charge in [-0.05, 0) is 46.5 Å². The smallest absolute Gasteiger partial charge is 0.251 e. The predicted octanol–water partition coefficient (Wildman–Crippen LogP) is 2.63. The lowest BCUT2D eigenvalue weighted by atomic mass is 9.90. The van der Waals surface area contributed by atoms with Crippen molar-refractivity contribution in [2.24, 2.45) is 5.73 Å². The van der Waals surface area contributed by atoms with Crippen molar-refractivity contribution in [1.82, 2.24) is 9.88 Å². The number of methoxy groups -OCH3 is 1. The first-order valence-corrected chi connectivity index (χ1v) is 10.8. The number of carbonyl (C=O) groups is 2. The van der Waals surface area contributed by atoms with Gasteiger partial charge in [0.15, 0.2) is 5.60 Å². The molecule has 1 aliphatic rings. The van der Waals surface area contributed by atoms with E-state index in [-0.39, 0.29) is 31.9 Å². The van der Waals surface area contributed by atoms with Crippen LogP contribution < -0.4 is 10.5 Å². The number of benzene rings is 2. The van der Waals surface area contributed by atoms with E-state index in [1.165, 1.54) is 0 Å². The van der Waals surface area contributed by atoms with E-state index >= 15 is 0 Å². The maximum Gasteiger partial charge on any atom is 0.251 e. The molecule has 2 heterocycles. The molecule has 33 heavy (non-hydrogen) atoms. The third kappa shape index (κ3) is 5.21. The molecule has 1 saturated heterocycles. The number of nitrogens with zero attached hydrogens (tertiary/aromatic N) is 2. The first-order valence-electron chi connectivity index (χ1n) is 10.8. The van der Waals surface area contributed by atoms with Gasteiger partial charge in [-0.2, -0.15) is 0 Å². The summed E-state index contributed by atoms with van der Waals surface area (Å²) in [6.45, 7) is 0.774. The molecule has 4 rings (SSSR count). The van der Waals surface area contributed by atoms with Gasteiger partial charge in [-0.3, -0.25) is 14.6 Å². The van der Waals surface area contributed by atoms with Gasteiger partial charge in [-0.15, -0.1) is 0 Å². The fourth-order valence-electron chi connectivity index (χ4n) is 4.14. The molecule has 1 atom stereocenters. The lowest BCUT2D eigenvalue weighted by Gasteiger charge is -2.41. The molecule has 3 aromatic rings. The second-order valence-electron chi connectivity index (χ2n) is 8.16. The van der Waals surface area contributed by atoms with Crippen LogP contribution in [0.3, 0.4) is 0 Å². The Morgan fingerprint density at radius 2 is 1.82 bits per heavy atom. The van der Waals surface area contributed by atoms with Crippen molar-refractivity contribution in [2.75, 3.05) is 26.8 Å². The number of hydrogen-bond donors (Lipinski definition) is 1. The van der Waals surface area contributed by atoms with Crippen molar-refractivity contribution >= 4 is 11.8 Å². The monoisotopic (exact) mass is 445 g/mol. The Balaban J connectivity index is 1.52. The molecule has 7 heteroatoms. The number of pyridine rings is 1. The summed E-state index contributed by atoms with van der Waals surface area (Å²) in [5.41, 5.74) is 8.34. The molecule has 2 N–H and O–H groups in total. The second kappa shape index (κ2) is 9.83. The maximum absolute atomic E-state index is 13.0. The van der Waals surface area contributed by atoms with E-state index in [1.807, 2.05) is 60.7 Å². The third-order valence-electron chi connectivity index (χ3n) is 5.91. The zero-order valence-electron chi connectivity index (χ0n) is 18.6. The Labute approximate surface area is 193 Å². The van der Waals surface area contributed by atoms with Gasteiger partial charge in [-0.25, -0.2) is 0 Å². The minimum Gasteiger partial charge on any atom is -0.497 e. The first-order chi connectivity index (χ1) is 16.0. The van der Waals surface area contributed by atoms with E-state index in [1.54, 1.807) is 24.4 Å². The second-order valence-corrected chi connectivity index (χ2v) is 8.16. The lowest BCUT2D eigenvalue weighted by Crippen LogP contribution is -2.61. The van der Waals surface area contributed by atoms with Gasteiger partial charge in [0.1, 0.15) is 5.75 Å². The number of nitrogens with two attached hydrogens (primary N) is 1. The molecule has 1 fully saturated rings. The fraction of sp³-hybridized carbons (Fsp3) is 0.269. The summed E-state index contributed by atoms with van der Waals surface area (Å²) in [6, 6.07) is 19.2. The standard InChI is InChI=1S/C26H27N3O4/c1-32-23-7-3-4-19(15-23)16-24(30)29-12-13-33-26(18-29,25(27)31)17-20-5-2-6-22(14-20)21-8-10-28-11-9-21/h2-11,14-15H,12-13,16-18H2,1H3,(H2,27,31)/t26-/m1/s1. The zero-order valence-corrected chi connectivity index (χ0v) is 18.6. The number of aromatic nitrogens is 1. The minimum atomic E-state index is -1.28. The summed E-state index contributed by atoms with van der Waals surface area (Å²) in [6.07, 6.45) is 3.97. The molecular weight excluding hydrogens is 418 g/mol. The van der Waals surface area contributed by atoms with Crippen LogP contribution in [0, 0.1) is 0 Å². The van der Waals surface area contributed by atoms with Crippen LogP contribution in [0.2, 0.25) is 0 Å². The van der Waals surface area contributed by atoms with Crippen LogP contribution >= 0.6 is 0 Å². The molecule has 0 radical (unpaired) electrons. The number of rotatable bonds is 7. The van der Waals surface area contributed by atoms with Gasteiger partial charge in [0.05, 0.1) is 26.7 Å². The summed E-state index contributed by atoms with van der Waals surface area (Å²) in [7, 11) is 1.59. The highest BCUT2D eigenvalue weighted by Crippen LogP contribution is 2.27. The van der Waals surface area contributed by atoms with Gasteiger partial charge in [-0.1, -0.05) is 36.4 Å². The van der Waals surface area contributed by atoms with Crippen molar-refractivity contribution in [1.29, 1.82) is 0 Å². The fourth-order valence-corrected chi connectivity index (χ4v) is 4.14. The summed E-state index contributed by atoms with van der Waals surface area (Å²) >= 11 is 0. The summed E-state index contributed by atoms with van der Waals surface area (Å²) < 4.78 is 11.2. The van der Waals surface area contributed by atoms with Crippen molar-refractivity contribution < 1.29 is 19.1 Å². The number of carbonyl (C=O) groups excluding carboxylic acids is 2. The number of amides is 2. The molecule has 7 nitrogen and oxygen atoms in total. The normalized spacial score (nSPS) is 18.0. The highest BCUT2D eigenvalue weighted by atomic mass is 16.5. The zero-order chi connectivity index (χ0) is 23.3. The lowest BCUT2D eigenvalue weighted by molar-refractivity contribution is -0.163. The van der Waals surface area contributed by atoms with E-state index in [0.29, 0.717) is 12.3 Å². The Morgan fingerprint density at radius 1 is 1.06 bits per heavy atom. The van der Waals surface area contributed by atoms with Gasteiger partial charge in [0.2, 0.25) is 5.91 Å². The summed E-state index contributed by atoms with van der Waals surface area (Å²) in [4.78, 5) is 31.3. The Hall–Kier alpha value is -3.71. The molecule has 2 amide bonds. The van der Waals surface area contributed by atoms with Crippen LogP contribution in [0.15, 0.2) is 73.1 Å². The minimum absolute atomic E-state index is 0.0808. The van der Waals surface area contributed by atoms with Crippen LogP contribution in [0.1, 0.15) is 11.1 Å². The highest BCUT2D eigenvalue weighted by Gasteiger charge is 2.43. The number of primary amides is 1. The Bertz CT molecular complexity index is 1140.